The molecule has 0 bridgehead atoms. The summed E-state index contributed by atoms with van der Waals surface area (Å²) in [5, 5.41) is 0. The highest BCUT2D eigenvalue weighted by atomic mass is 79.9. The zero-order valence-corrected chi connectivity index (χ0v) is 18.9. The number of hydrogen-bond acceptors (Lipinski definition) is 5. The van der Waals surface area contributed by atoms with E-state index in [2.05, 4.69) is 20.9 Å². The summed E-state index contributed by atoms with van der Waals surface area (Å²) in [5.41, 5.74) is 3.47. The monoisotopic (exact) mass is 492 g/mol. The third kappa shape index (κ3) is 3.71. The van der Waals surface area contributed by atoms with Gasteiger partial charge in [-0.1, -0.05) is 53.8 Å². The third-order valence-electron chi connectivity index (χ3n) is 4.92. The molecule has 7 heteroatoms. The summed E-state index contributed by atoms with van der Waals surface area (Å²) in [6.45, 7) is 0.429. The maximum absolute atomic E-state index is 13.0. The minimum absolute atomic E-state index is 0.0757. The molecule has 0 fully saturated rings. The number of fused-ring (bicyclic) bond motifs is 3. The molecule has 5 rings (SSSR count). The Morgan fingerprint density at radius 3 is 2.68 bits per heavy atom. The zero-order chi connectivity index (χ0) is 21.4. The van der Waals surface area contributed by atoms with Crippen LogP contribution in [0.5, 0.6) is 11.5 Å². The summed E-state index contributed by atoms with van der Waals surface area (Å²) >= 11 is 4.96. The highest BCUT2D eigenvalue weighted by Crippen LogP contribution is 2.37. The van der Waals surface area contributed by atoms with Crippen molar-refractivity contribution in [2.45, 2.75) is 6.61 Å². The van der Waals surface area contributed by atoms with E-state index in [9.17, 15) is 4.79 Å². The second kappa shape index (κ2) is 8.17. The molecule has 5 nitrogen and oxygen atoms in total. The lowest BCUT2D eigenvalue weighted by molar-refractivity contribution is 0.282. The van der Waals surface area contributed by atoms with E-state index in [1.165, 1.54) is 11.3 Å². The predicted molar refractivity (Wildman–Crippen MR) is 127 cm³/mol. The highest BCUT2D eigenvalue weighted by molar-refractivity contribution is 9.10. The number of para-hydroxylation sites is 2. The van der Waals surface area contributed by atoms with Crippen LogP contribution in [0.1, 0.15) is 11.1 Å². The predicted octanol–water partition coefficient (Wildman–Crippen LogP) is 4.81. The number of aromatic nitrogens is 2. The van der Waals surface area contributed by atoms with Gasteiger partial charge in [0.05, 0.1) is 27.1 Å². The van der Waals surface area contributed by atoms with E-state index >= 15 is 0 Å². The van der Waals surface area contributed by atoms with Gasteiger partial charge < -0.3 is 9.47 Å². The molecule has 0 radical (unpaired) electrons. The largest absolute Gasteiger partial charge is 0.493 e. The first kappa shape index (κ1) is 19.8. The van der Waals surface area contributed by atoms with Crippen molar-refractivity contribution in [3.05, 3.63) is 97.2 Å². The first-order chi connectivity index (χ1) is 15.1. The summed E-state index contributed by atoms with van der Waals surface area (Å²) in [6, 6.07) is 21.4. The smallest absolute Gasteiger partial charge is 0.274 e. The Morgan fingerprint density at radius 1 is 1.10 bits per heavy atom. The Labute approximate surface area is 190 Å². The molecule has 5 aromatic rings. The molecular weight excluding hydrogens is 476 g/mol. The fourth-order valence-corrected chi connectivity index (χ4v) is 5.02. The molecule has 2 heterocycles. The molecular formula is C24H17BrN2O3S. The maximum Gasteiger partial charge on any atom is 0.274 e. The Hall–Kier alpha value is -3.16. The van der Waals surface area contributed by atoms with Crippen LogP contribution in [-0.4, -0.2) is 16.5 Å². The molecule has 154 valence electrons. The van der Waals surface area contributed by atoms with Gasteiger partial charge in [-0.25, -0.2) is 9.38 Å². The summed E-state index contributed by atoms with van der Waals surface area (Å²) < 4.78 is 14.6. The fourth-order valence-electron chi connectivity index (χ4n) is 3.46. The van der Waals surface area contributed by atoms with Crippen molar-refractivity contribution in [3.8, 4) is 11.5 Å². The van der Waals surface area contributed by atoms with Gasteiger partial charge in [0.1, 0.15) is 6.61 Å². The molecule has 0 saturated heterocycles. The number of imidazole rings is 1. The van der Waals surface area contributed by atoms with Crippen molar-refractivity contribution in [1.29, 1.82) is 0 Å². The van der Waals surface area contributed by atoms with Gasteiger partial charge in [-0.2, -0.15) is 0 Å². The van der Waals surface area contributed by atoms with Gasteiger partial charge in [-0.05, 0) is 57.4 Å². The van der Waals surface area contributed by atoms with Gasteiger partial charge in [-0.15, -0.1) is 0 Å². The maximum atomic E-state index is 13.0. The number of methoxy groups -OCH3 is 1. The Kier molecular flexibility index (Phi) is 5.21. The number of ether oxygens (including phenoxy) is 2. The summed E-state index contributed by atoms with van der Waals surface area (Å²) in [4.78, 5) is 18.3. The van der Waals surface area contributed by atoms with Gasteiger partial charge >= 0.3 is 0 Å². The second-order valence-electron chi connectivity index (χ2n) is 6.94. The summed E-state index contributed by atoms with van der Waals surface area (Å²) in [6.07, 6.45) is 1.85. The van der Waals surface area contributed by atoms with E-state index in [0.717, 1.165) is 26.6 Å². The summed E-state index contributed by atoms with van der Waals surface area (Å²) in [5.74, 6) is 1.22. The van der Waals surface area contributed by atoms with Crippen molar-refractivity contribution < 1.29 is 9.47 Å². The van der Waals surface area contributed by atoms with Crippen molar-refractivity contribution in [2.75, 3.05) is 7.11 Å². The van der Waals surface area contributed by atoms with Gasteiger partial charge in [0.25, 0.3) is 5.56 Å². The third-order valence-corrected chi connectivity index (χ3v) is 6.48. The molecule has 0 N–H and O–H groups in total. The van der Waals surface area contributed by atoms with E-state index in [0.29, 0.717) is 27.6 Å². The van der Waals surface area contributed by atoms with Crippen LogP contribution >= 0.6 is 27.3 Å². The van der Waals surface area contributed by atoms with Crippen LogP contribution in [0.3, 0.4) is 0 Å². The van der Waals surface area contributed by atoms with Crippen LogP contribution in [0, 0.1) is 0 Å². The first-order valence-electron chi connectivity index (χ1n) is 9.60. The highest BCUT2D eigenvalue weighted by Gasteiger charge is 2.13. The first-order valence-corrected chi connectivity index (χ1v) is 11.2. The number of halogens is 1. The number of rotatable bonds is 5. The number of benzene rings is 3. The molecule has 0 saturated carbocycles. The molecule has 0 aliphatic carbocycles. The number of nitrogens with zero attached hydrogens (tertiary/aromatic N) is 2. The van der Waals surface area contributed by atoms with E-state index < -0.39 is 0 Å². The Morgan fingerprint density at radius 2 is 1.87 bits per heavy atom. The van der Waals surface area contributed by atoms with E-state index in [4.69, 9.17) is 9.47 Å². The van der Waals surface area contributed by atoms with Crippen LogP contribution < -0.4 is 19.6 Å². The minimum atomic E-state index is -0.0757. The van der Waals surface area contributed by atoms with Crippen LogP contribution in [-0.2, 0) is 6.61 Å². The SMILES string of the molecule is COc1cc(/C=c2\sc3nc4ccccc4n3c2=O)cc(Br)c1OCc1ccccc1. The summed E-state index contributed by atoms with van der Waals surface area (Å²) in [7, 11) is 1.60. The molecule has 3 aromatic carbocycles. The van der Waals surface area contributed by atoms with Crippen molar-refractivity contribution in [2.24, 2.45) is 0 Å². The Balaban J connectivity index is 1.53. The lowest BCUT2D eigenvalue weighted by Crippen LogP contribution is -2.22. The van der Waals surface area contributed by atoms with Gasteiger partial charge in [-0.3, -0.25) is 4.79 Å². The van der Waals surface area contributed by atoms with Crippen LogP contribution in [0.2, 0.25) is 0 Å². The molecule has 0 amide bonds. The van der Waals surface area contributed by atoms with Crippen molar-refractivity contribution >= 4 is 49.3 Å². The average Bonchev–Trinajstić information content (AvgIpc) is 3.29. The fraction of sp³-hybridized carbons (Fsp3) is 0.0833. The molecule has 0 aliphatic rings. The molecule has 0 spiro atoms. The quantitative estimate of drug-likeness (QED) is 0.353. The van der Waals surface area contributed by atoms with E-state index in [-0.39, 0.29) is 5.56 Å². The van der Waals surface area contributed by atoms with Crippen LogP contribution in [0.25, 0.3) is 22.1 Å². The van der Waals surface area contributed by atoms with E-state index in [1.54, 1.807) is 11.5 Å². The Bertz CT molecular complexity index is 1510. The minimum Gasteiger partial charge on any atom is -0.493 e. The average molecular weight is 493 g/mol. The number of hydrogen-bond donors (Lipinski definition) is 0. The lowest BCUT2D eigenvalue weighted by atomic mass is 10.2. The molecule has 0 aliphatic heterocycles. The molecule has 0 unspecified atom stereocenters. The van der Waals surface area contributed by atoms with E-state index in [1.807, 2.05) is 72.8 Å². The van der Waals surface area contributed by atoms with Crippen LogP contribution in [0.15, 0.2) is 76.0 Å². The number of thiazole rings is 1. The van der Waals surface area contributed by atoms with Gasteiger partial charge in [0, 0.05) is 0 Å². The standard InChI is InChI=1S/C24H17BrN2O3S/c1-29-20-12-16(11-17(25)22(20)30-14-15-7-3-2-4-8-15)13-21-23(28)27-19-10-6-5-9-18(19)26-24(27)31-21/h2-13H,14H2,1H3/b21-13-. The van der Waals surface area contributed by atoms with Gasteiger partial charge in [0.15, 0.2) is 16.5 Å². The van der Waals surface area contributed by atoms with Crippen molar-refractivity contribution in [1.82, 2.24) is 9.38 Å². The lowest BCUT2D eigenvalue weighted by Gasteiger charge is -2.13. The normalized spacial score (nSPS) is 12.0. The molecule has 2 aromatic heterocycles. The van der Waals surface area contributed by atoms with Crippen molar-refractivity contribution in [3.63, 3.8) is 0 Å². The topological polar surface area (TPSA) is 52.8 Å². The van der Waals surface area contributed by atoms with Crippen LogP contribution in [0.4, 0.5) is 0 Å². The zero-order valence-electron chi connectivity index (χ0n) is 16.5. The molecule has 31 heavy (non-hydrogen) atoms. The van der Waals surface area contributed by atoms with Gasteiger partial charge in [0.2, 0.25) is 0 Å². The molecule has 0 atom stereocenters. The second-order valence-corrected chi connectivity index (χ2v) is 8.81.